The monoisotopic (exact) mass is 507 g/mol. The zero-order chi connectivity index (χ0) is 22.9. The van der Waals surface area contributed by atoms with Gasteiger partial charge >= 0.3 is 0 Å². The van der Waals surface area contributed by atoms with Crippen molar-refractivity contribution in [2.45, 2.75) is 44.3 Å². The zero-order valence-corrected chi connectivity index (χ0v) is 20.0. The molecule has 33 heavy (non-hydrogen) atoms. The first-order valence-electron chi connectivity index (χ1n) is 10.8. The molecule has 3 heterocycles. The number of hydrogen-bond acceptors (Lipinski definition) is 8. The molecule has 1 saturated carbocycles. The number of benzene rings is 1. The molecule has 0 amide bonds. The van der Waals surface area contributed by atoms with E-state index in [9.17, 15) is 0 Å². The van der Waals surface area contributed by atoms with E-state index in [1.165, 1.54) is 11.3 Å². The fraction of sp³-hybridized carbons (Fsp3) is 0.409. The molecule has 3 N–H and O–H groups in total. The fourth-order valence-electron chi connectivity index (χ4n) is 4.07. The fourth-order valence-corrected chi connectivity index (χ4v) is 5.51. The molecule has 1 aliphatic carbocycles. The Morgan fingerprint density at radius 3 is 2.64 bits per heavy atom. The average Bonchev–Trinajstić information content (AvgIpc) is 3.39. The Balaban J connectivity index is 1.26. The smallest absolute Gasteiger partial charge is 0.199 e. The van der Waals surface area contributed by atoms with E-state index in [2.05, 4.69) is 20.2 Å². The van der Waals surface area contributed by atoms with Crippen LogP contribution < -0.4 is 10.6 Å². The van der Waals surface area contributed by atoms with E-state index < -0.39 is 0 Å². The van der Waals surface area contributed by atoms with Crippen molar-refractivity contribution >= 4 is 45.4 Å². The molecule has 2 aliphatic rings. The van der Waals surface area contributed by atoms with Crippen LogP contribution in [-0.2, 0) is 11.3 Å². The van der Waals surface area contributed by atoms with E-state index in [-0.39, 0.29) is 11.9 Å². The van der Waals surface area contributed by atoms with Crippen LogP contribution in [0.2, 0.25) is 10.0 Å². The SMILES string of the molecule is N/C(=N\O)c1ncc(N2CCC(OCc3c(-c4c(Cl)cccc4Cl)noc3C3CC3)CC2)s1. The lowest BCUT2D eigenvalue weighted by Gasteiger charge is -2.32. The van der Waals surface area contributed by atoms with E-state index in [1.807, 2.05) is 6.07 Å². The standard InChI is InChI=1S/C22H23Cl2N5O3S/c23-15-2-1-3-16(24)18(15)19-14(20(32-28-19)12-4-5-12)11-31-13-6-8-29(9-7-13)17-10-26-22(33-17)21(25)27-30/h1-3,10,12-13,30H,4-9,11H2,(H2,25,27). The molecule has 1 aromatic carbocycles. The van der Waals surface area contributed by atoms with Crippen LogP contribution >= 0.6 is 34.5 Å². The topological polar surface area (TPSA) is 110 Å². The Hall–Kier alpha value is -2.33. The number of hydrogen-bond donors (Lipinski definition) is 2. The third-order valence-electron chi connectivity index (χ3n) is 6.00. The second-order valence-electron chi connectivity index (χ2n) is 8.23. The van der Waals surface area contributed by atoms with E-state index in [0.717, 1.165) is 55.1 Å². The van der Waals surface area contributed by atoms with Crippen LogP contribution in [0.25, 0.3) is 11.3 Å². The summed E-state index contributed by atoms with van der Waals surface area (Å²) in [4.78, 5) is 6.47. The van der Waals surface area contributed by atoms with E-state index in [1.54, 1.807) is 18.3 Å². The van der Waals surface area contributed by atoms with Gasteiger partial charge in [-0.1, -0.05) is 50.9 Å². The van der Waals surface area contributed by atoms with Gasteiger partial charge in [-0.2, -0.15) is 0 Å². The molecule has 11 heteroatoms. The molecule has 0 spiro atoms. The molecule has 0 unspecified atom stereocenters. The number of ether oxygens (including phenoxy) is 1. The molecule has 0 bridgehead atoms. The number of piperidine rings is 1. The van der Waals surface area contributed by atoms with Gasteiger partial charge in [0, 0.05) is 30.1 Å². The van der Waals surface area contributed by atoms with Crippen molar-refractivity contribution in [3.8, 4) is 11.3 Å². The quantitative estimate of drug-likeness (QED) is 0.194. The molecule has 1 saturated heterocycles. The van der Waals surface area contributed by atoms with E-state index in [4.69, 9.17) is 43.4 Å². The van der Waals surface area contributed by atoms with Crippen LogP contribution in [0, 0.1) is 0 Å². The molecular formula is C22H23Cl2N5O3S. The first kappa shape index (κ1) is 22.5. The van der Waals surface area contributed by atoms with E-state index >= 15 is 0 Å². The van der Waals surface area contributed by atoms with Crippen LogP contribution in [0.1, 0.15) is 47.9 Å². The number of nitrogens with zero attached hydrogens (tertiary/aromatic N) is 4. The number of aromatic nitrogens is 2. The summed E-state index contributed by atoms with van der Waals surface area (Å²) in [7, 11) is 0. The summed E-state index contributed by atoms with van der Waals surface area (Å²) in [6.07, 6.45) is 5.83. The lowest BCUT2D eigenvalue weighted by Crippen LogP contribution is -2.36. The Labute approximate surface area is 204 Å². The van der Waals surface area contributed by atoms with Crippen molar-refractivity contribution < 1.29 is 14.5 Å². The van der Waals surface area contributed by atoms with Crippen LogP contribution in [0.15, 0.2) is 34.1 Å². The van der Waals surface area contributed by atoms with Gasteiger partial charge in [-0.3, -0.25) is 0 Å². The summed E-state index contributed by atoms with van der Waals surface area (Å²) >= 11 is 14.3. The summed E-state index contributed by atoms with van der Waals surface area (Å²) in [6.45, 7) is 2.08. The first-order valence-corrected chi connectivity index (χ1v) is 12.4. The number of rotatable bonds is 7. The first-order chi connectivity index (χ1) is 16.0. The maximum Gasteiger partial charge on any atom is 0.199 e. The lowest BCUT2D eigenvalue weighted by molar-refractivity contribution is 0.0247. The van der Waals surface area contributed by atoms with Gasteiger partial charge in [0.15, 0.2) is 10.8 Å². The molecule has 174 valence electrons. The Bertz CT molecular complexity index is 1150. The van der Waals surface area contributed by atoms with Crippen molar-refractivity contribution in [1.29, 1.82) is 0 Å². The minimum absolute atomic E-state index is 0.0269. The highest BCUT2D eigenvalue weighted by molar-refractivity contribution is 7.17. The van der Waals surface area contributed by atoms with Gasteiger partial charge in [0.05, 0.1) is 29.0 Å². The molecule has 1 aliphatic heterocycles. The van der Waals surface area contributed by atoms with Gasteiger partial charge in [0.25, 0.3) is 0 Å². The van der Waals surface area contributed by atoms with Crippen LogP contribution in [0.4, 0.5) is 5.00 Å². The summed E-state index contributed by atoms with van der Waals surface area (Å²) in [5, 5.41) is 18.8. The normalized spacial score (nSPS) is 17.6. The van der Waals surface area contributed by atoms with Gasteiger partial charge in [0.2, 0.25) is 0 Å². The molecule has 0 atom stereocenters. The highest BCUT2D eigenvalue weighted by Crippen LogP contribution is 2.46. The molecule has 0 radical (unpaired) electrons. The van der Waals surface area contributed by atoms with Gasteiger partial charge in [0.1, 0.15) is 16.5 Å². The van der Waals surface area contributed by atoms with Crippen LogP contribution in [0.3, 0.4) is 0 Å². The molecule has 2 aromatic heterocycles. The molecule has 2 fully saturated rings. The predicted octanol–water partition coefficient (Wildman–Crippen LogP) is 5.26. The minimum Gasteiger partial charge on any atom is -0.409 e. The van der Waals surface area contributed by atoms with Crippen LogP contribution in [0.5, 0.6) is 0 Å². The number of nitrogens with two attached hydrogens (primary N) is 1. The largest absolute Gasteiger partial charge is 0.409 e. The number of anilines is 1. The van der Waals surface area contributed by atoms with Gasteiger partial charge in [-0.05, 0) is 37.8 Å². The number of amidine groups is 1. The molecule has 5 rings (SSSR count). The Morgan fingerprint density at radius 1 is 1.24 bits per heavy atom. The maximum absolute atomic E-state index is 8.83. The van der Waals surface area contributed by atoms with Crippen molar-refractivity contribution in [3.05, 3.63) is 50.8 Å². The van der Waals surface area contributed by atoms with Crippen molar-refractivity contribution in [1.82, 2.24) is 10.1 Å². The predicted molar refractivity (Wildman–Crippen MR) is 129 cm³/mol. The van der Waals surface area contributed by atoms with E-state index in [0.29, 0.717) is 38.8 Å². The summed E-state index contributed by atoms with van der Waals surface area (Å²) in [5.74, 6) is 1.31. The highest BCUT2D eigenvalue weighted by atomic mass is 35.5. The third kappa shape index (κ3) is 4.68. The highest BCUT2D eigenvalue weighted by Gasteiger charge is 2.34. The average molecular weight is 508 g/mol. The summed E-state index contributed by atoms with van der Waals surface area (Å²) < 4.78 is 12.1. The zero-order valence-electron chi connectivity index (χ0n) is 17.7. The van der Waals surface area contributed by atoms with Crippen LogP contribution in [-0.4, -0.2) is 40.4 Å². The van der Waals surface area contributed by atoms with Gasteiger partial charge in [-0.25, -0.2) is 4.98 Å². The summed E-state index contributed by atoms with van der Waals surface area (Å²) in [6, 6.07) is 5.43. The second kappa shape index (κ2) is 9.50. The second-order valence-corrected chi connectivity index (χ2v) is 10.1. The number of halogens is 2. The molecule has 3 aromatic rings. The van der Waals surface area contributed by atoms with Crippen molar-refractivity contribution in [3.63, 3.8) is 0 Å². The van der Waals surface area contributed by atoms with Crippen molar-refractivity contribution in [2.24, 2.45) is 10.9 Å². The molecular weight excluding hydrogens is 485 g/mol. The molecule has 8 nitrogen and oxygen atoms in total. The van der Waals surface area contributed by atoms with Gasteiger partial charge in [-0.15, -0.1) is 0 Å². The Kier molecular flexibility index (Phi) is 6.47. The lowest BCUT2D eigenvalue weighted by atomic mass is 10.0. The number of thiazole rings is 1. The van der Waals surface area contributed by atoms with Gasteiger partial charge < -0.3 is 25.1 Å². The summed E-state index contributed by atoms with van der Waals surface area (Å²) in [5.41, 5.74) is 7.94. The number of oxime groups is 1. The minimum atomic E-state index is 0.0269. The van der Waals surface area contributed by atoms with Crippen molar-refractivity contribution in [2.75, 3.05) is 18.0 Å². The Morgan fingerprint density at radius 2 is 1.97 bits per heavy atom. The maximum atomic E-state index is 8.83. The third-order valence-corrected chi connectivity index (χ3v) is 7.71.